The van der Waals surface area contributed by atoms with Crippen molar-refractivity contribution in [2.24, 2.45) is 0 Å². The minimum Gasteiger partial charge on any atom is -0.443 e. The molecule has 2 saturated carbocycles. The predicted octanol–water partition coefficient (Wildman–Crippen LogP) is 2.54. The number of hydrogen-bond acceptors (Lipinski definition) is 8. The Morgan fingerprint density at radius 1 is 1.29 bits per heavy atom. The number of aliphatic hydroxyl groups is 1. The Morgan fingerprint density at radius 3 is 2.63 bits per heavy atom. The number of anilines is 3. The number of alkyl halides is 1. The molecule has 0 aromatic carbocycles. The van der Waals surface area contributed by atoms with Gasteiger partial charge in [-0.05, 0) is 45.7 Å². The largest absolute Gasteiger partial charge is 0.443 e. The minimum atomic E-state index is -1.06. The molecule has 4 atom stereocenters. The van der Waals surface area contributed by atoms with Crippen LogP contribution in [0.3, 0.4) is 0 Å². The van der Waals surface area contributed by atoms with Crippen LogP contribution in [-0.2, 0) is 4.74 Å². The molecule has 2 unspecified atom stereocenters. The Kier molecular flexibility index (Phi) is 6.33. The molecule has 13 heteroatoms. The molecule has 2 amide bonds. The van der Waals surface area contributed by atoms with Gasteiger partial charge in [-0.3, -0.25) is 14.5 Å². The number of hydrogen-bond donors (Lipinski definition) is 3. The summed E-state index contributed by atoms with van der Waals surface area (Å²) in [6.45, 7) is 5.21. The van der Waals surface area contributed by atoms with Crippen molar-refractivity contribution in [3.05, 3.63) is 46.5 Å². The van der Waals surface area contributed by atoms with Crippen LogP contribution in [0.1, 0.15) is 56.4 Å². The van der Waals surface area contributed by atoms with Gasteiger partial charge in [-0.2, -0.15) is 9.61 Å². The SMILES string of the molecule is CN(C(=O)OC(C)(C)C)c1cc(Nc2cccn([C@H]3C[C@@H]3F)c2=O)nc2c(C(=O)NC3CCC3O)cnn12. The lowest BCUT2D eigenvalue weighted by molar-refractivity contribution is 0.0448. The van der Waals surface area contributed by atoms with Crippen molar-refractivity contribution in [2.75, 3.05) is 17.3 Å². The third-order valence-electron chi connectivity index (χ3n) is 6.54. The molecule has 3 N–H and O–H groups in total. The number of amides is 2. The second kappa shape index (κ2) is 9.39. The first-order valence-electron chi connectivity index (χ1n) is 12.4. The number of fused-ring (bicyclic) bond motifs is 1. The molecule has 0 bridgehead atoms. The van der Waals surface area contributed by atoms with Crippen molar-refractivity contribution in [3.8, 4) is 0 Å². The first-order chi connectivity index (χ1) is 17.9. The van der Waals surface area contributed by atoms with Crippen LogP contribution in [0.15, 0.2) is 35.4 Å². The average molecular weight is 528 g/mol. The van der Waals surface area contributed by atoms with Gasteiger partial charge < -0.3 is 25.0 Å². The zero-order valence-electron chi connectivity index (χ0n) is 21.5. The van der Waals surface area contributed by atoms with E-state index in [-0.39, 0.29) is 41.0 Å². The van der Waals surface area contributed by atoms with Gasteiger partial charge >= 0.3 is 6.09 Å². The first kappa shape index (κ1) is 25.6. The number of carbonyl (C=O) groups is 2. The van der Waals surface area contributed by atoms with Crippen molar-refractivity contribution in [1.82, 2.24) is 24.5 Å². The van der Waals surface area contributed by atoms with Crippen LogP contribution >= 0.6 is 0 Å². The molecular formula is C25H30FN7O5. The molecule has 38 heavy (non-hydrogen) atoms. The van der Waals surface area contributed by atoms with Gasteiger partial charge in [0.1, 0.15) is 34.7 Å². The van der Waals surface area contributed by atoms with Gasteiger partial charge in [0.05, 0.1) is 24.4 Å². The van der Waals surface area contributed by atoms with Gasteiger partial charge in [-0.1, -0.05) is 0 Å². The molecule has 5 rings (SSSR count). The van der Waals surface area contributed by atoms with Crippen molar-refractivity contribution in [3.63, 3.8) is 0 Å². The maximum absolute atomic E-state index is 13.6. The van der Waals surface area contributed by atoms with Gasteiger partial charge in [-0.15, -0.1) is 0 Å². The van der Waals surface area contributed by atoms with Gasteiger partial charge in [0.15, 0.2) is 5.65 Å². The molecule has 0 aliphatic heterocycles. The Labute approximate surface area is 217 Å². The second-order valence-electron chi connectivity index (χ2n) is 10.6. The van der Waals surface area contributed by atoms with Crippen LogP contribution in [0.5, 0.6) is 0 Å². The van der Waals surface area contributed by atoms with E-state index in [1.54, 1.807) is 32.9 Å². The summed E-state index contributed by atoms with van der Waals surface area (Å²) < 4.78 is 21.8. The summed E-state index contributed by atoms with van der Waals surface area (Å²) in [6, 6.07) is 3.79. The number of nitrogens with one attached hydrogen (secondary N) is 2. The van der Waals surface area contributed by atoms with Gasteiger partial charge in [-0.25, -0.2) is 14.2 Å². The van der Waals surface area contributed by atoms with Crippen LogP contribution < -0.4 is 21.1 Å². The molecular weight excluding hydrogens is 497 g/mol. The highest BCUT2D eigenvalue weighted by Crippen LogP contribution is 2.38. The lowest BCUT2D eigenvalue weighted by Crippen LogP contribution is -2.50. The topological polar surface area (TPSA) is 143 Å². The number of carbonyl (C=O) groups excluding carboxylic acids is 2. The van der Waals surface area contributed by atoms with Crippen LogP contribution in [0.25, 0.3) is 5.65 Å². The molecule has 2 fully saturated rings. The highest BCUT2D eigenvalue weighted by Gasteiger charge is 2.40. The fourth-order valence-corrected chi connectivity index (χ4v) is 4.18. The van der Waals surface area contributed by atoms with E-state index in [1.807, 2.05) is 0 Å². The molecule has 0 saturated heterocycles. The molecule has 2 aliphatic carbocycles. The van der Waals surface area contributed by atoms with Gasteiger partial charge in [0.25, 0.3) is 11.5 Å². The van der Waals surface area contributed by atoms with E-state index in [0.717, 1.165) is 0 Å². The van der Waals surface area contributed by atoms with E-state index in [9.17, 15) is 23.9 Å². The maximum atomic E-state index is 13.6. The van der Waals surface area contributed by atoms with E-state index in [2.05, 4.69) is 20.7 Å². The second-order valence-corrected chi connectivity index (χ2v) is 10.6. The number of aromatic nitrogens is 4. The number of halogens is 1. The molecule has 202 valence electrons. The van der Waals surface area contributed by atoms with Crippen LogP contribution in [0.2, 0.25) is 0 Å². The van der Waals surface area contributed by atoms with E-state index in [0.29, 0.717) is 12.8 Å². The summed E-state index contributed by atoms with van der Waals surface area (Å²) in [5, 5.41) is 19.9. The number of pyridine rings is 1. The van der Waals surface area contributed by atoms with Crippen LogP contribution in [0.4, 0.5) is 26.5 Å². The van der Waals surface area contributed by atoms with Crippen molar-refractivity contribution in [2.45, 2.75) is 70.0 Å². The first-order valence-corrected chi connectivity index (χ1v) is 12.4. The molecule has 12 nitrogen and oxygen atoms in total. The average Bonchev–Trinajstić information content (AvgIpc) is 3.41. The number of rotatable bonds is 6. The van der Waals surface area contributed by atoms with E-state index >= 15 is 0 Å². The van der Waals surface area contributed by atoms with Crippen molar-refractivity contribution >= 4 is 35.0 Å². The van der Waals surface area contributed by atoms with Crippen molar-refractivity contribution in [1.29, 1.82) is 0 Å². The van der Waals surface area contributed by atoms with Crippen molar-refractivity contribution < 1.29 is 23.8 Å². The molecule has 3 aromatic heterocycles. The molecule has 3 heterocycles. The summed E-state index contributed by atoms with van der Waals surface area (Å²) in [5.41, 5.74) is -0.794. The highest BCUT2D eigenvalue weighted by molar-refractivity contribution is 6.00. The fraction of sp³-hybridized carbons (Fsp3) is 0.480. The molecule has 0 radical (unpaired) electrons. The highest BCUT2D eigenvalue weighted by atomic mass is 19.1. The van der Waals surface area contributed by atoms with Crippen LogP contribution in [-0.4, -0.2) is 67.2 Å². The number of ether oxygens (including phenoxy) is 1. The molecule has 3 aromatic rings. The summed E-state index contributed by atoms with van der Waals surface area (Å²) in [5.74, 6) is -0.107. The summed E-state index contributed by atoms with van der Waals surface area (Å²) in [4.78, 5) is 44.6. The Balaban J connectivity index is 1.55. The third-order valence-corrected chi connectivity index (χ3v) is 6.54. The summed E-state index contributed by atoms with van der Waals surface area (Å²) in [6.07, 6.45) is 2.05. The fourth-order valence-electron chi connectivity index (χ4n) is 4.18. The molecule has 2 aliphatic rings. The Bertz CT molecular complexity index is 1460. The molecule has 0 spiro atoms. The zero-order chi connectivity index (χ0) is 27.4. The smallest absolute Gasteiger partial charge is 0.415 e. The van der Waals surface area contributed by atoms with Gasteiger partial charge in [0, 0.05) is 25.7 Å². The monoisotopic (exact) mass is 527 g/mol. The zero-order valence-corrected chi connectivity index (χ0v) is 21.5. The Hall–Kier alpha value is -4.00. The quantitative estimate of drug-likeness (QED) is 0.444. The standard InChI is InChI=1S/C25H30FN7O5/c1-25(2,3)38-24(37)31(4)20-11-19(28-16-6-5-9-32(23(16)36)17-10-14(17)26)30-21-13(12-27-33(20)21)22(35)29-15-7-8-18(15)34/h5-6,9,11-12,14-15,17-18,34H,7-8,10H2,1-4H3,(H,28,30)(H,29,35)/t14-,15?,17-,18?/m0/s1. The van der Waals surface area contributed by atoms with E-state index in [1.165, 1.54) is 39.5 Å². The normalized spacial score (nSPS) is 22.5. The number of nitrogens with zero attached hydrogens (tertiary/aromatic N) is 5. The Morgan fingerprint density at radius 2 is 2.03 bits per heavy atom. The predicted molar refractivity (Wildman–Crippen MR) is 137 cm³/mol. The summed E-state index contributed by atoms with van der Waals surface area (Å²) in [7, 11) is 1.49. The number of aliphatic hydroxyl groups excluding tert-OH is 1. The maximum Gasteiger partial charge on any atom is 0.415 e. The minimum absolute atomic E-state index is 0.119. The lowest BCUT2D eigenvalue weighted by Gasteiger charge is -2.32. The van der Waals surface area contributed by atoms with E-state index in [4.69, 9.17) is 4.74 Å². The van der Waals surface area contributed by atoms with E-state index < -0.39 is 41.5 Å². The van der Waals surface area contributed by atoms with Gasteiger partial charge in [0.2, 0.25) is 0 Å². The van der Waals surface area contributed by atoms with Crippen LogP contribution in [0, 0.1) is 0 Å². The lowest BCUT2D eigenvalue weighted by atomic mass is 9.89. The summed E-state index contributed by atoms with van der Waals surface area (Å²) >= 11 is 0. The third kappa shape index (κ3) is 4.93.